The molecule has 0 aromatic carbocycles. The van der Waals surface area contributed by atoms with E-state index in [-0.39, 0.29) is 30.3 Å². The van der Waals surface area contributed by atoms with Crippen LogP contribution in [0.1, 0.15) is 18.5 Å². The van der Waals surface area contributed by atoms with Crippen LogP contribution in [-0.4, -0.2) is 70.3 Å². The third kappa shape index (κ3) is 2.97. The summed E-state index contributed by atoms with van der Waals surface area (Å²) >= 11 is 6.04. The lowest BCUT2D eigenvalue weighted by atomic mass is 9.66. The fourth-order valence-electron chi connectivity index (χ4n) is 4.55. The molecular weight excluding hydrogens is 346 g/mol. The average molecular weight is 370 g/mol. The van der Waals surface area contributed by atoms with E-state index in [2.05, 4.69) is 5.10 Å². The number of hydrogen-bond donors (Lipinski definition) is 1. The van der Waals surface area contributed by atoms with Crippen molar-refractivity contribution in [1.29, 1.82) is 0 Å². The number of aromatic nitrogens is 2. The highest BCUT2D eigenvalue weighted by atomic mass is 35.5. The molecule has 8 heteroatoms. The van der Waals surface area contributed by atoms with Crippen LogP contribution in [0, 0.1) is 18.8 Å². The van der Waals surface area contributed by atoms with Gasteiger partial charge in [-0.1, -0.05) is 11.6 Å². The van der Waals surface area contributed by atoms with Crippen LogP contribution in [0.3, 0.4) is 0 Å². The molecule has 138 valence electrons. The summed E-state index contributed by atoms with van der Waals surface area (Å²) in [6.45, 7) is 4.65. The quantitative estimate of drug-likeness (QED) is 0.836. The van der Waals surface area contributed by atoms with E-state index in [4.69, 9.17) is 21.1 Å². The number of hydrogen-bond acceptors (Lipinski definition) is 5. The summed E-state index contributed by atoms with van der Waals surface area (Å²) in [4.78, 5) is 14.9. The third-order valence-corrected chi connectivity index (χ3v) is 6.33. The van der Waals surface area contributed by atoms with Crippen molar-refractivity contribution < 1.29 is 19.4 Å². The molecule has 3 aliphatic rings. The first kappa shape index (κ1) is 17.3. The molecule has 0 bridgehead atoms. The minimum absolute atomic E-state index is 0.00342. The molecule has 4 heterocycles. The van der Waals surface area contributed by atoms with Gasteiger partial charge in [0.05, 0.1) is 29.5 Å². The van der Waals surface area contributed by atoms with Crippen molar-refractivity contribution in [2.24, 2.45) is 11.8 Å². The molecule has 3 aliphatic heterocycles. The van der Waals surface area contributed by atoms with Gasteiger partial charge < -0.3 is 19.5 Å². The maximum absolute atomic E-state index is 13.0. The molecule has 1 N–H and O–H groups in total. The monoisotopic (exact) mass is 369 g/mol. The van der Waals surface area contributed by atoms with Crippen LogP contribution < -0.4 is 0 Å². The van der Waals surface area contributed by atoms with E-state index >= 15 is 0 Å². The largest absolute Gasteiger partial charge is 0.389 e. The molecule has 1 aromatic heterocycles. The van der Waals surface area contributed by atoms with E-state index in [1.54, 1.807) is 10.9 Å². The lowest BCUT2D eigenvalue weighted by molar-refractivity contribution is -0.219. The Bertz CT molecular complexity index is 647. The molecule has 25 heavy (non-hydrogen) atoms. The van der Waals surface area contributed by atoms with Gasteiger partial charge in [0, 0.05) is 50.3 Å². The SMILES string of the molecule is Cc1nn(CC(=O)N2C[C@H]3COCC[C@@]3(O)[C@@H]3COCC[C@@H]32)cc1Cl. The van der Waals surface area contributed by atoms with Crippen molar-refractivity contribution in [3.8, 4) is 0 Å². The van der Waals surface area contributed by atoms with Crippen molar-refractivity contribution >= 4 is 17.5 Å². The van der Waals surface area contributed by atoms with Gasteiger partial charge in [0.1, 0.15) is 6.54 Å². The lowest BCUT2D eigenvalue weighted by Gasteiger charge is -2.57. The van der Waals surface area contributed by atoms with Gasteiger partial charge >= 0.3 is 0 Å². The van der Waals surface area contributed by atoms with Crippen LogP contribution in [0.2, 0.25) is 5.02 Å². The lowest BCUT2D eigenvalue weighted by Crippen LogP contribution is -2.69. The summed E-state index contributed by atoms with van der Waals surface area (Å²) < 4.78 is 12.8. The zero-order chi connectivity index (χ0) is 17.6. The Kier molecular flexibility index (Phi) is 4.52. The summed E-state index contributed by atoms with van der Waals surface area (Å²) in [5, 5.41) is 16.1. The normalized spacial score (nSPS) is 35.2. The van der Waals surface area contributed by atoms with Crippen LogP contribution in [0.5, 0.6) is 0 Å². The molecule has 0 saturated carbocycles. The Morgan fingerprint density at radius 2 is 2.24 bits per heavy atom. The number of halogens is 1. The second-order valence-corrected chi connectivity index (χ2v) is 7.76. The maximum atomic E-state index is 13.0. The van der Waals surface area contributed by atoms with E-state index in [1.807, 2.05) is 11.8 Å². The smallest absolute Gasteiger partial charge is 0.244 e. The number of ether oxygens (including phenoxy) is 2. The molecule has 0 aliphatic carbocycles. The average Bonchev–Trinajstić information content (AvgIpc) is 2.91. The van der Waals surface area contributed by atoms with Gasteiger partial charge in [-0.3, -0.25) is 9.48 Å². The Balaban J connectivity index is 1.56. The number of likely N-dealkylation sites (tertiary alicyclic amines) is 1. The second-order valence-electron chi connectivity index (χ2n) is 7.36. The standard InChI is InChI=1S/C17H24ClN3O4/c1-11-14(18)7-20(19-11)8-16(22)21-6-12-9-25-5-3-17(12,23)13-10-24-4-2-15(13)21/h7,12-13,15,23H,2-6,8-10H2,1H3/t12-,13+,15-,17-/m0/s1. The number of carbonyl (C=O) groups is 1. The van der Waals surface area contributed by atoms with E-state index in [0.717, 1.165) is 6.42 Å². The van der Waals surface area contributed by atoms with E-state index in [1.165, 1.54) is 0 Å². The molecule has 3 saturated heterocycles. The summed E-state index contributed by atoms with van der Waals surface area (Å²) in [6, 6.07) is 0.00716. The Morgan fingerprint density at radius 1 is 1.44 bits per heavy atom. The first-order chi connectivity index (χ1) is 12.0. The summed E-state index contributed by atoms with van der Waals surface area (Å²) in [6.07, 6.45) is 3.05. The zero-order valence-corrected chi connectivity index (χ0v) is 15.1. The van der Waals surface area contributed by atoms with Gasteiger partial charge in [-0.2, -0.15) is 5.10 Å². The van der Waals surface area contributed by atoms with Crippen LogP contribution in [0.25, 0.3) is 0 Å². The van der Waals surface area contributed by atoms with E-state index < -0.39 is 5.60 Å². The third-order valence-electron chi connectivity index (χ3n) is 5.96. The predicted octanol–water partition coefficient (Wildman–Crippen LogP) is 0.860. The molecule has 4 atom stereocenters. The number of amides is 1. The van der Waals surface area contributed by atoms with Crippen molar-refractivity contribution in [2.75, 3.05) is 33.0 Å². The molecule has 0 radical (unpaired) electrons. The number of nitrogens with zero attached hydrogens (tertiary/aromatic N) is 3. The maximum Gasteiger partial charge on any atom is 0.244 e. The summed E-state index contributed by atoms with van der Waals surface area (Å²) in [5.41, 5.74) is -0.0850. The van der Waals surface area contributed by atoms with Crippen LogP contribution >= 0.6 is 11.6 Å². The van der Waals surface area contributed by atoms with E-state index in [0.29, 0.717) is 50.1 Å². The fraction of sp³-hybridized carbons (Fsp3) is 0.765. The molecule has 1 amide bonds. The molecule has 7 nitrogen and oxygen atoms in total. The number of piperidine rings is 1. The van der Waals surface area contributed by atoms with Crippen LogP contribution in [0.15, 0.2) is 6.20 Å². The molecule has 4 rings (SSSR count). The minimum Gasteiger partial charge on any atom is -0.389 e. The highest BCUT2D eigenvalue weighted by Crippen LogP contribution is 2.44. The fourth-order valence-corrected chi connectivity index (χ4v) is 4.70. The van der Waals surface area contributed by atoms with Gasteiger partial charge in [-0.25, -0.2) is 0 Å². The Hall–Kier alpha value is -1.15. The summed E-state index contributed by atoms with van der Waals surface area (Å²) in [5.74, 6) is -0.129. The van der Waals surface area contributed by atoms with Crippen molar-refractivity contribution in [2.45, 2.75) is 38.0 Å². The van der Waals surface area contributed by atoms with Crippen LogP contribution in [-0.2, 0) is 20.8 Å². The van der Waals surface area contributed by atoms with Gasteiger partial charge in [0.15, 0.2) is 0 Å². The number of aliphatic hydroxyl groups is 1. The number of carbonyl (C=O) groups excluding carboxylic acids is 1. The number of fused-ring (bicyclic) bond motifs is 3. The zero-order valence-electron chi connectivity index (χ0n) is 14.4. The number of rotatable bonds is 2. The first-order valence-electron chi connectivity index (χ1n) is 8.86. The van der Waals surface area contributed by atoms with Crippen molar-refractivity contribution in [1.82, 2.24) is 14.7 Å². The topological polar surface area (TPSA) is 76.8 Å². The minimum atomic E-state index is -0.800. The van der Waals surface area contributed by atoms with Gasteiger partial charge in [0.2, 0.25) is 5.91 Å². The molecule has 3 fully saturated rings. The van der Waals surface area contributed by atoms with Gasteiger partial charge in [0.25, 0.3) is 0 Å². The molecule has 0 spiro atoms. The molecular formula is C17H24ClN3O4. The highest BCUT2D eigenvalue weighted by Gasteiger charge is 2.56. The van der Waals surface area contributed by atoms with Crippen molar-refractivity contribution in [3.05, 3.63) is 16.9 Å². The number of aryl methyl sites for hydroxylation is 1. The van der Waals surface area contributed by atoms with E-state index in [9.17, 15) is 9.90 Å². The van der Waals surface area contributed by atoms with Gasteiger partial charge in [-0.05, 0) is 13.3 Å². The van der Waals surface area contributed by atoms with Gasteiger partial charge in [-0.15, -0.1) is 0 Å². The van der Waals surface area contributed by atoms with Crippen molar-refractivity contribution in [3.63, 3.8) is 0 Å². The van der Waals surface area contributed by atoms with Crippen LogP contribution in [0.4, 0.5) is 0 Å². The predicted molar refractivity (Wildman–Crippen MR) is 90.3 cm³/mol. The Morgan fingerprint density at radius 3 is 3.00 bits per heavy atom. The summed E-state index contributed by atoms with van der Waals surface area (Å²) in [7, 11) is 0. The molecule has 0 unspecified atom stereocenters. The first-order valence-corrected chi connectivity index (χ1v) is 9.23. The Labute approximate surface area is 151 Å². The second kappa shape index (κ2) is 6.54. The highest BCUT2D eigenvalue weighted by molar-refractivity contribution is 6.31. The molecule has 1 aromatic rings.